The van der Waals surface area contributed by atoms with Crippen molar-refractivity contribution in [2.45, 2.75) is 4.90 Å². The number of phenols is 1. The maximum atomic E-state index is 12.1. The number of nitrogens with zero attached hydrogens (tertiary/aromatic N) is 1. The van der Waals surface area contributed by atoms with Crippen LogP contribution in [0.15, 0.2) is 47.4 Å². The number of phenolic OH excluding ortho intramolecular Hbond substituents is 1. The Morgan fingerprint density at radius 1 is 1.20 bits per heavy atom. The molecule has 20 heavy (non-hydrogen) atoms. The maximum absolute atomic E-state index is 12.1. The Morgan fingerprint density at radius 3 is 2.60 bits per heavy atom. The van der Waals surface area contributed by atoms with Gasteiger partial charge >= 0.3 is 0 Å². The van der Waals surface area contributed by atoms with Crippen LogP contribution in [0.2, 0.25) is 0 Å². The van der Waals surface area contributed by atoms with E-state index in [2.05, 4.69) is 4.72 Å². The molecule has 2 rings (SSSR count). The molecular formula is C13H11N3O3S. The number of anilines is 2. The number of nitriles is 1. The summed E-state index contributed by atoms with van der Waals surface area (Å²) in [6.07, 6.45) is 0. The molecule has 2 aromatic carbocycles. The molecule has 0 bridgehead atoms. The van der Waals surface area contributed by atoms with Crippen molar-refractivity contribution in [2.75, 3.05) is 10.5 Å². The minimum absolute atomic E-state index is 0.0290. The summed E-state index contributed by atoms with van der Waals surface area (Å²) in [5, 5.41) is 18.1. The largest absolute Gasteiger partial charge is 0.506 e. The van der Waals surface area contributed by atoms with Crippen molar-refractivity contribution in [3.63, 3.8) is 0 Å². The van der Waals surface area contributed by atoms with Crippen molar-refractivity contribution in [3.05, 3.63) is 48.0 Å². The number of nitrogens with one attached hydrogen (secondary N) is 1. The lowest BCUT2D eigenvalue weighted by molar-refractivity contribution is 0.477. The Bertz CT molecular complexity index is 795. The van der Waals surface area contributed by atoms with Gasteiger partial charge in [0.15, 0.2) is 0 Å². The smallest absolute Gasteiger partial charge is 0.261 e. The molecule has 0 saturated heterocycles. The molecule has 2 aromatic rings. The Morgan fingerprint density at radius 2 is 1.95 bits per heavy atom. The summed E-state index contributed by atoms with van der Waals surface area (Å²) in [7, 11) is -3.83. The monoisotopic (exact) mass is 289 g/mol. The zero-order valence-corrected chi connectivity index (χ0v) is 11.1. The predicted octanol–water partition coefficient (Wildman–Crippen LogP) is 1.65. The standard InChI is InChI=1S/C13H11N3O3S/c14-8-9-2-1-3-10(6-9)16-20(18,19)11-4-5-13(17)12(15)7-11/h1-7,16-17H,15H2. The lowest BCUT2D eigenvalue weighted by atomic mass is 10.2. The molecule has 0 aromatic heterocycles. The van der Waals surface area contributed by atoms with Gasteiger partial charge in [-0.15, -0.1) is 0 Å². The molecule has 0 atom stereocenters. The first kappa shape index (κ1) is 13.7. The Labute approximate surface area is 116 Å². The molecule has 0 amide bonds. The lowest BCUT2D eigenvalue weighted by Gasteiger charge is -2.09. The van der Waals surface area contributed by atoms with Crippen LogP contribution in [0.3, 0.4) is 0 Å². The van der Waals surface area contributed by atoms with E-state index in [0.29, 0.717) is 5.56 Å². The summed E-state index contributed by atoms with van der Waals surface area (Å²) in [4.78, 5) is -0.0739. The average molecular weight is 289 g/mol. The van der Waals surface area contributed by atoms with E-state index in [-0.39, 0.29) is 22.0 Å². The van der Waals surface area contributed by atoms with Crippen molar-refractivity contribution in [3.8, 4) is 11.8 Å². The number of hydrogen-bond acceptors (Lipinski definition) is 5. The van der Waals surface area contributed by atoms with Gasteiger partial charge in [0.1, 0.15) is 5.75 Å². The van der Waals surface area contributed by atoms with E-state index < -0.39 is 10.0 Å². The van der Waals surface area contributed by atoms with Crippen molar-refractivity contribution >= 4 is 21.4 Å². The van der Waals surface area contributed by atoms with Crippen LogP contribution < -0.4 is 10.5 Å². The lowest BCUT2D eigenvalue weighted by Crippen LogP contribution is -2.13. The van der Waals surface area contributed by atoms with Crippen LogP contribution in [0.1, 0.15) is 5.56 Å². The van der Waals surface area contributed by atoms with Crippen molar-refractivity contribution in [1.29, 1.82) is 5.26 Å². The first-order valence-electron chi connectivity index (χ1n) is 5.54. The minimum Gasteiger partial charge on any atom is -0.506 e. The highest BCUT2D eigenvalue weighted by molar-refractivity contribution is 7.92. The van der Waals surface area contributed by atoms with Crippen LogP contribution in [-0.4, -0.2) is 13.5 Å². The molecule has 7 heteroatoms. The molecule has 0 unspecified atom stereocenters. The number of aromatic hydroxyl groups is 1. The van der Waals surface area contributed by atoms with Gasteiger partial charge in [-0.2, -0.15) is 5.26 Å². The second-order valence-corrected chi connectivity index (χ2v) is 5.70. The van der Waals surface area contributed by atoms with Crippen LogP contribution in [0.4, 0.5) is 11.4 Å². The first-order valence-corrected chi connectivity index (χ1v) is 7.02. The SMILES string of the molecule is N#Cc1cccc(NS(=O)(=O)c2ccc(O)c(N)c2)c1. The molecule has 0 saturated carbocycles. The highest BCUT2D eigenvalue weighted by Crippen LogP contribution is 2.24. The van der Waals surface area contributed by atoms with Gasteiger partial charge < -0.3 is 10.8 Å². The molecule has 0 aliphatic carbocycles. The third-order valence-electron chi connectivity index (χ3n) is 2.55. The first-order chi connectivity index (χ1) is 9.42. The van der Waals surface area contributed by atoms with E-state index in [0.717, 1.165) is 6.07 Å². The second-order valence-electron chi connectivity index (χ2n) is 4.02. The molecule has 4 N–H and O–H groups in total. The summed E-state index contributed by atoms with van der Waals surface area (Å²) in [6, 6.07) is 11.6. The van der Waals surface area contributed by atoms with Gasteiger partial charge in [0.2, 0.25) is 0 Å². The number of benzene rings is 2. The summed E-state index contributed by atoms with van der Waals surface area (Å²) >= 11 is 0. The molecular weight excluding hydrogens is 278 g/mol. The van der Waals surface area contributed by atoms with Gasteiger partial charge in [0.05, 0.1) is 27.9 Å². The summed E-state index contributed by atoms with van der Waals surface area (Å²) in [5.41, 5.74) is 6.06. The summed E-state index contributed by atoms with van der Waals surface area (Å²) < 4.78 is 26.6. The number of rotatable bonds is 3. The third-order valence-corrected chi connectivity index (χ3v) is 3.93. The van der Waals surface area contributed by atoms with E-state index in [1.165, 1.54) is 24.3 Å². The fourth-order valence-corrected chi connectivity index (χ4v) is 2.65. The van der Waals surface area contributed by atoms with Crippen LogP contribution in [0.5, 0.6) is 5.75 Å². The summed E-state index contributed by atoms with van der Waals surface area (Å²) in [5.74, 6) is -0.185. The quantitative estimate of drug-likeness (QED) is 0.586. The molecule has 0 aliphatic heterocycles. The molecule has 0 heterocycles. The zero-order valence-electron chi connectivity index (χ0n) is 10.2. The third kappa shape index (κ3) is 2.81. The zero-order chi connectivity index (χ0) is 14.8. The maximum Gasteiger partial charge on any atom is 0.261 e. The summed E-state index contributed by atoms with van der Waals surface area (Å²) in [6.45, 7) is 0. The molecule has 0 spiro atoms. The Kier molecular flexibility index (Phi) is 3.50. The van der Waals surface area contributed by atoms with Crippen molar-refractivity contribution in [1.82, 2.24) is 0 Å². The van der Waals surface area contributed by atoms with Crippen molar-refractivity contribution < 1.29 is 13.5 Å². The Balaban J connectivity index is 2.35. The van der Waals surface area contributed by atoms with E-state index in [1.54, 1.807) is 12.1 Å². The average Bonchev–Trinajstić information content (AvgIpc) is 2.41. The van der Waals surface area contributed by atoms with Gasteiger partial charge in [-0.25, -0.2) is 8.42 Å². The molecule has 0 aliphatic rings. The number of nitrogens with two attached hydrogens (primary N) is 1. The molecule has 102 valence electrons. The highest BCUT2D eigenvalue weighted by atomic mass is 32.2. The van der Waals surface area contributed by atoms with Crippen LogP contribution in [-0.2, 0) is 10.0 Å². The van der Waals surface area contributed by atoms with Gasteiger partial charge in [-0.1, -0.05) is 6.07 Å². The van der Waals surface area contributed by atoms with Gasteiger partial charge in [-0.3, -0.25) is 4.72 Å². The second kappa shape index (κ2) is 5.11. The van der Waals surface area contributed by atoms with E-state index in [1.807, 2.05) is 6.07 Å². The fraction of sp³-hybridized carbons (Fsp3) is 0. The highest BCUT2D eigenvalue weighted by Gasteiger charge is 2.15. The number of sulfonamides is 1. The van der Waals surface area contributed by atoms with Gasteiger partial charge in [-0.05, 0) is 36.4 Å². The normalized spacial score (nSPS) is 10.8. The number of nitrogen functional groups attached to an aromatic ring is 1. The molecule has 6 nitrogen and oxygen atoms in total. The molecule has 0 fully saturated rings. The van der Waals surface area contributed by atoms with E-state index >= 15 is 0 Å². The predicted molar refractivity (Wildman–Crippen MR) is 74.5 cm³/mol. The Hall–Kier alpha value is -2.72. The number of hydrogen-bond donors (Lipinski definition) is 3. The van der Waals surface area contributed by atoms with Gasteiger partial charge in [0, 0.05) is 0 Å². The van der Waals surface area contributed by atoms with E-state index in [4.69, 9.17) is 11.0 Å². The topological polar surface area (TPSA) is 116 Å². The van der Waals surface area contributed by atoms with Gasteiger partial charge in [0.25, 0.3) is 10.0 Å². The molecule has 0 radical (unpaired) electrons. The minimum atomic E-state index is -3.83. The van der Waals surface area contributed by atoms with Crippen LogP contribution in [0, 0.1) is 11.3 Å². The van der Waals surface area contributed by atoms with Crippen molar-refractivity contribution in [2.24, 2.45) is 0 Å². The van der Waals surface area contributed by atoms with E-state index in [9.17, 15) is 13.5 Å². The van der Waals surface area contributed by atoms with Crippen LogP contribution >= 0.6 is 0 Å². The van der Waals surface area contributed by atoms with Crippen LogP contribution in [0.25, 0.3) is 0 Å². The fourth-order valence-electron chi connectivity index (χ4n) is 1.57.